The third kappa shape index (κ3) is 3.42. The fourth-order valence-electron chi connectivity index (χ4n) is 3.01. The van der Waals surface area contributed by atoms with E-state index in [1.165, 1.54) is 16.6 Å². The molecule has 3 heterocycles. The minimum atomic E-state index is -3.67. The normalized spacial score (nSPS) is 22.8. The number of nitrogens with zero attached hydrogens (tertiary/aromatic N) is 3. The molecule has 1 amide bonds. The van der Waals surface area contributed by atoms with E-state index < -0.39 is 10.0 Å². The lowest BCUT2D eigenvalue weighted by atomic mass is 10.2. The first-order valence-electron chi connectivity index (χ1n) is 7.92. The van der Waals surface area contributed by atoms with Crippen LogP contribution < -0.4 is 0 Å². The molecule has 0 bridgehead atoms. The van der Waals surface area contributed by atoms with E-state index in [0.29, 0.717) is 25.4 Å². The van der Waals surface area contributed by atoms with Crippen molar-refractivity contribution >= 4 is 27.5 Å². The van der Waals surface area contributed by atoms with Crippen molar-refractivity contribution in [3.63, 3.8) is 0 Å². The molecular weight excluding hydrogens is 354 g/mol. The summed E-state index contributed by atoms with van der Waals surface area (Å²) in [6.07, 6.45) is 2.69. The zero-order valence-corrected chi connectivity index (χ0v) is 15.0. The fourth-order valence-corrected chi connectivity index (χ4v) is 4.86. The van der Waals surface area contributed by atoms with E-state index >= 15 is 0 Å². The molecule has 1 aromatic rings. The van der Waals surface area contributed by atoms with Gasteiger partial charge in [0.15, 0.2) is 0 Å². The number of piperazine rings is 1. The lowest BCUT2D eigenvalue weighted by Crippen LogP contribution is -2.52. The lowest BCUT2D eigenvalue weighted by Gasteiger charge is -2.35. The fraction of sp³-hybridized carbons (Fsp3) is 0.600. The molecule has 0 radical (unpaired) electrons. The summed E-state index contributed by atoms with van der Waals surface area (Å²) in [5, 5.41) is 0.284. The molecule has 1 aromatic heterocycles. The Balaban J connectivity index is 1.69. The van der Waals surface area contributed by atoms with Gasteiger partial charge in [-0.2, -0.15) is 4.31 Å². The van der Waals surface area contributed by atoms with Crippen LogP contribution in [0, 0.1) is 6.92 Å². The van der Waals surface area contributed by atoms with Crippen molar-refractivity contribution in [3.05, 3.63) is 23.0 Å². The third-order valence-electron chi connectivity index (χ3n) is 4.38. The molecule has 24 heavy (non-hydrogen) atoms. The molecule has 132 valence electrons. The van der Waals surface area contributed by atoms with Gasteiger partial charge in [-0.1, -0.05) is 11.6 Å². The average molecular weight is 374 g/mol. The third-order valence-corrected chi connectivity index (χ3v) is 6.60. The van der Waals surface area contributed by atoms with E-state index in [0.717, 1.165) is 12.8 Å². The van der Waals surface area contributed by atoms with Gasteiger partial charge in [0.25, 0.3) is 5.91 Å². The van der Waals surface area contributed by atoms with Crippen LogP contribution in [0.15, 0.2) is 17.2 Å². The number of aryl methyl sites for hydroxylation is 1. The van der Waals surface area contributed by atoms with Gasteiger partial charge in [0.2, 0.25) is 10.0 Å². The summed E-state index contributed by atoms with van der Waals surface area (Å²) < 4.78 is 32.4. The van der Waals surface area contributed by atoms with Gasteiger partial charge in [-0.25, -0.2) is 8.42 Å². The summed E-state index contributed by atoms with van der Waals surface area (Å²) in [6, 6.07) is 1.42. The minimum Gasteiger partial charge on any atom is -0.368 e. The van der Waals surface area contributed by atoms with Crippen LogP contribution in [-0.4, -0.2) is 67.4 Å². The Morgan fingerprint density at radius 2 is 2.04 bits per heavy atom. The first-order valence-corrected chi connectivity index (χ1v) is 9.74. The Kier molecular flexibility index (Phi) is 5.10. The summed E-state index contributed by atoms with van der Waals surface area (Å²) >= 11 is 5.89. The van der Waals surface area contributed by atoms with Gasteiger partial charge in [0.1, 0.15) is 11.0 Å². The van der Waals surface area contributed by atoms with Crippen LogP contribution in [0.25, 0.3) is 0 Å². The van der Waals surface area contributed by atoms with Crippen molar-refractivity contribution in [1.82, 2.24) is 14.2 Å². The maximum Gasteiger partial charge on any atom is 0.251 e. The molecule has 0 spiro atoms. The van der Waals surface area contributed by atoms with Gasteiger partial charge in [-0.3, -0.25) is 9.78 Å². The highest BCUT2D eigenvalue weighted by atomic mass is 35.5. The Morgan fingerprint density at radius 3 is 2.67 bits per heavy atom. The van der Waals surface area contributed by atoms with Crippen molar-refractivity contribution in [2.24, 2.45) is 0 Å². The monoisotopic (exact) mass is 373 g/mol. The van der Waals surface area contributed by atoms with Crippen LogP contribution >= 0.6 is 11.6 Å². The van der Waals surface area contributed by atoms with Crippen LogP contribution in [0.1, 0.15) is 18.5 Å². The zero-order chi connectivity index (χ0) is 17.3. The summed E-state index contributed by atoms with van der Waals surface area (Å²) in [7, 11) is -3.67. The summed E-state index contributed by atoms with van der Waals surface area (Å²) in [6.45, 7) is 3.50. The number of carbonyl (C=O) groups excluding carboxylic acids is 1. The molecule has 0 saturated carbocycles. The van der Waals surface area contributed by atoms with Crippen LogP contribution in [-0.2, 0) is 19.6 Å². The standard InChI is InChI=1S/C15H20ClN3O4S/c1-11-14(9-12(16)10-17-11)24(21,22)19-6-4-18(5-7-19)15(20)13-3-2-8-23-13/h9-10,13H,2-8H2,1H3/t13-/m0/s1. The molecule has 2 aliphatic heterocycles. The second-order valence-electron chi connectivity index (χ2n) is 5.97. The second-order valence-corrected chi connectivity index (χ2v) is 8.31. The molecule has 9 heteroatoms. The maximum atomic E-state index is 12.8. The number of amides is 1. The van der Waals surface area contributed by atoms with Gasteiger partial charge >= 0.3 is 0 Å². The number of carbonyl (C=O) groups is 1. The summed E-state index contributed by atoms with van der Waals surface area (Å²) in [5.74, 6) is -0.0369. The van der Waals surface area contributed by atoms with Crippen LogP contribution in [0.2, 0.25) is 5.02 Å². The molecule has 3 rings (SSSR count). The first-order chi connectivity index (χ1) is 11.4. The van der Waals surface area contributed by atoms with E-state index in [9.17, 15) is 13.2 Å². The van der Waals surface area contributed by atoms with E-state index in [-0.39, 0.29) is 35.0 Å². The Hall–Kier alpha value is -1.22. The van der Waals surface area contributed by atoms with Crippen molar-refractivity contribution in [2.75, 3.05) is 32.8 Å². The van der Waals surface area contributed by atoms with Crippen LogP contribution in [0.4, 0.5) is 0 Å². The Labute approximate surface area is 146 Å². The van der Waals surface area contributed by atoms with E-state index in [1.54, 1.807) is 11.8 Å². The number of ether oxygens (including phenoxy) is 1. The average Bonchev–Trinajstić information content (AvgIpc) is 3.11. The highest BCUT2D eigenvalue weighted by molar-refractivity contribution is 7.89. The lowest BCUT2D eigenvalue weighted by molar-refractivity contribution is -0.142. The summed E-state index contributed by atoms with van der Waals surface area (Å²) in [5.41, 5.74) is 0.414. The highest BCUT2D eigenvalue weighted by Gasteiger charge is 2.34. The number of hydrogen-bond acceptors (Lipinski definition) is 5. The first kappa shape index (κ1) is 17.6. The van der Waals surface area contributed by atoms with Crippen molar-refractivity contribution in [2.45, 2.75) is 30.8 Å². The smallest absolute Gasteiger partial charge is 0.251 e. The zero-order valence-electron chi connectivity index (χ0n) is 13.4. The molecule has 0 aromatic carbocycles. The molecule has 7 nitrogen and oxygen atoms in total. The molecule has 0 N–H and O–H groups in total. The SMILES string of the molecule is Cc1ncc(Cl)cc1S(=O)(=O)N1CCN(C(=O)[C@@H]2CCCO2)CC1. The predicted molar refractivity (Wildman–Crippen MR) is 88.3 cm³/mol. The quantitative estimate of drug-likeness (QED) is 0.791. The van der Waals surface area contributed by atoms with Crippen LogP contribution in [0.5, 0.6) is 0 Å². The van der Waals surface area contributed by atoms with Gasteiger partial charge in [0.05, 0.1) is 10.7 Å². The van der Waals surface area contributed by atoms with E-state index in [4.69, 9.17) is 16.3 Å². The predicted octanol–water partition coefficient (Wildman–Crippen LogP) is 1.06. The van der Waals surface area contributed by atoms with Gasteiger partial charge in [-0.05, 0) is 25.8 Å². The number of hydrogen-bond donors (Lipinski definition) is 0. The molecule has 2 fully saturated rings. The summed E-state index contributed by atoms with van der Waals surface area (Å²) in [4.78, 5) is 18.2. The molecule has 1 atom stereocenters. The topological polar surface area (TPSA) is 79.8 Å². The molecule has 0 aliphatic carbocycles. The largest absolute Gasteiger partial charge is 0.368 e. The number of sulfonamides is 1. The molecular formula is C15H20ClN3O4S. The highest BCUT2D eigenvalue weighted by Crippen LogP contribution is 2.23. The maximum absolute atomic E-state index is 12.8. The molecule has 2 saturated heterocycles. The molecule has 0 unspecified atom stereocenters. The van der Waals surface area contributed by atoms with Crippen molar-refractivity contribution in [1.29, 1.82) is 0 Å². The number of halogens is 1. The van der Waals surface area contributed by atoms with E-state index in [1.807, 2.05) is 0 Å². The Bertz CT molecular complexity index is 726. The molecule has 2 aliphatic rings. The van der Waals surface area contributed by atoms with Crippen LogP contribution in [0.3, 0.4) is 0 Å². The number of rotatable bonds is 3. The number of pyridine rings is 1. The van der Waals surface area contributed by atoms with Gasteiger partial charge < -0.3 is 9.64 Å². The second kappa shape index (κ2) is 6.95. The minimum absolute atomic E-state index is 0.0369. The van der Waals surface area contributed by atoms with Gasteiger partial charge in [-0.15, -0.1) is 0 Å². The number of aromatic nitrogens is 1. The van der Waals surface area contributed by atoms with Gasteiger partial charge in [0, 0.05) is 39.0 Å². The van der Waals surface area contributed by atoms with Crippen molar-refractivity contribution < 1.29 is 17.9 Å². The Morgan fingerprint density at radius 1 is 1.33 bits per heavy atom. The van der Waals surface area contributed by atoms with E-state index in [2.05, 4.69) is 4.98 Å². The van der Waals surface area contributed by atoms with Crippen molar-refractivity contribution in [3.8, 4) is 0 Å².